The van der Waals surface area contributed by atoms with E-state index in [1.54, 1.807) is 0 Å². The van der Waals surface area contributed by atoms with E-state index in [0.717, 1.165) is 29.0 Å². The van der Waals surface area contributed by atoms with Crippen LogP contribution in [0.25, 0.3) is 0 Å². The van der Waals surface area contributed by atoms with Gasteiger partial charge in [-0.1, -0.05) is 42.8 Å². The van der Waals surface area contributed by atoms with Crippen molar-refractivity contribution in [3.63, 3.8) is 0 Å². The van der Waals surface area contributed by atoms with Crippen LogP contribution in [0, 0.1) is 0 Å². The Morgan fingerprint density at radius 3 is 2.71 bits per heavy atom. The Morgan fingerprint density at radius 1 is 1.24 bits per heavy atom. The molecule has 0 unspecified atom stereocenters. The van der Waals surface area contributed by atoms with Crippen LogP contribution in [0.3, 0.4) is 0 Å². The minimum Gasteiger partial charge on any atom is -0.439 e. The highest BCUT2D eigenvalue weighted by atomic mass is 79.9. The number of hydrogen-bond donors (Lipinski definition) is 1. The van der Waals surface area contributed by atoms with Crippen LogP contribution in [0.5, 0.6) is 11.6 Å². The molecule has 4 heteroatoms. The highest BCUT2D eigenvalue weighted by Gasteiger charge is 2.08. The molecule has 0 saturated heterocycles. The lowest BCUT2D eigenvalue weighted by Crippen LogP contribution is -2.12. The molecule has 0 fully saturated rings. The van der Waals surface area contributed by atoms with E-state index in [9.17, 15) is 0 Å². The minimum absolute atomic E-state index is 0.372. The van der Waals surface area contributed by atoms with E-state index in [0.29, 0.717) is 11.8 Å². The molecule has 21 heavy (non-hydrogen) atoms. The largest absolute Gasteiger partial charge is 0.439 e. The quantitative estimate of drug-likeness (QED) is 0.808. The van der Waals surface area contributed by atoms with Crippen molar-refractivity contribution in [2.75, 3.05) is 6.54 Å². The highest BCUT2D eigenvalue weighted by Crippen LogP contribution is 2.25. The summed E-state index contributed by atoms with van der Waals surface area (Å²) >= 11 is 3.45. The van der Waals surface area contributed by atoms with Crippen molar-refractivity contribution >= 4 is 15.9 Å². The molecule has 0 aliphatic heterocycles. The first-order valence-electron chi connectivity index (χ1n) is 7.23. The summed E-state index contributed by atoms with van der Waals surface area (Å²) in [5.41, 5.74) is 2.25. The van der Waals surface area contributed by atoms with Crippen LogP contribution in [-0.4, -0.2) is 11.5 Å². The van der Waals surface area contributed by atoms with Crippen molar-refractivity contribution < 1.29 is 4.74 Å². The molecule has 0 amide bonds. The summed E-state index contributed by atoms with van der Waals surface area (Å²) in [5.74, 6) is 1.80. The maximum absolute atomic E-state index is 5.90. The summed E-state index contributed by atoms with van der Waals surface area (Å²) in [6.45, 7) is 8.16. The summed E-state index contributed by atoms with van der Waals surface area (Å²) in [6, 6.07) is 11.9. The van der Waals surface area contributed by atoms with Crippen LogP contribution >= 0.6 is 15.9 Å². The number of ether oxygens (including phenoxy) is 1. The summed E-state index contributed by atoms with van der Waals surface area (Å²) < 4.78 is 6.90. The van der Waals surface area contributed by atoms with Crippen molar-refractivity contribution in [2.45, 2.75) is 33.2 Å². The second-order valence-corrected chi connectivity index (χ2v) is 6.15. The maximum Gasteiger partial charge on any atom is 0.219 e. The number of rotatable bonds is 6. The van der Waals surface area contributed by atoms with Crippen LogP contribution in [0.2, 0.25) is 0 Å². The van der Waals surface area contributed by atoms with Gasteiger partial charge in [0.05, 0.1) is 0 Å². The van der Waals surface area contributed by atoms with Gasteiger partial charge in [-0.2, -0.15) is 0 Å². The third kappa shape index (κ3) is 4.83. The molecule has 2 rings (SSSR count). The summed E-state index contributed by atoms with van der Waals surface area (Å²) in [4.78, 5) is 4.60. The van der Waals surface area contributed by atoms with Gasteiger partial charge in [-0.05, 0) is 42.3 Å². The van der Waals surface area contributed by atoms with Crippen molar-refractivity contribution in [1.82, 2.24) is 10.3 Å². The fraction of sp³-hybridized carbons (Fsp3) is 0.353. The average molecular weight is 349 g/mol. The standard InChI is InChI=1S/C17H21BrN2O/c1-4-19-11-13-8-16(12(2)3)20-17(9-13)21-15-7-5-6-14(18)10-15/h5-10,12,19H,4,11H2,1-3H3. The second kappa shape index (κ2) is 7.57. The van der Waals surface area contributed by atoms with Crippen LogP contribution in [0.4, 0.5) is 0 Å². The highest BCUT2D eigenvalue weighted by molar-refractivity contribution is 9.10. The Balaban J connectivity index is 2.26. The van der Waals surface area contributed by atoms with Gasteiger partial charge in [-0.15, -0.1) is 0 Å². The summed E-state index contributed by atoms with van der Waals surface area (Å²) in [6.07, 6.45) is 0. The molecule has 1 aromatic carbocycles. The van der Waals surface area contributed by atoms with E-state index < -0.39 is 0 Å². The van der Waals surface area contributed by atoms with Gasteiger partial charge >= 0.3 is 0 Å². The molecule has 1 N–H and O–H groups in total. The molecule has 0 aliphatic rings. The van der Waals surface area contributed by atoms with E-state index in [-0.39, 0.29) is 0 Å². The van der Waals surface area contributed by atoms with Gasteiger partial charge < -0.3 is 10.1 Å². The van der Waals surface area contributed by atoms with Crippen molar-refractivity contribution in [1.29, 1.82) is 0 Å². The van der Waals surface area contributed by atoms with Gasteiger partial charge in [0.15, 0.2) is 0 Å². The van der Waals surface area contributed by atoms with E-state index in [1.807, 2.05) is 30.3 Å². The van der Waals surface area contributed by atoms with Gasteiger partial charge in [0, 0.05) is 22.8 Å². The Kier molecular flexibility index (Phi) is 5.76. The Morgan fingerprint density at radius 2 is 2.05 bits per heavy atom. The van der Waals surface area contributed by atoms with E-state index in [1.165, 1.54) is 5.56 Å². The predicted octanol–water partition coefficient (Wildman–Crippen LogP) is 4.87. The summed E-state index contributed by atoms with van der Waals surface area (Å²) in [7, 11) is 0. The van der Waals surface area contributed by atoms with Gasteiger partial charge in [0.25, 0.3) is 0 Å². The van der Waals surface area contributed by atoms with Gasteiger partial charge in [-0.3, -0.25) is 0 Å². The Labute approximate surface area is 134 Å². The molecule has 2 aromatic rings. The molecule has 0 atom stereocenters. The lowest BCUT2D eigenvalue weighted by molar-refractivity contribution is 0.458. The predicted molar refractivity (Wildman–Crippen MR) is 89.9 cm³/mol. The minimum atomic E-state index is 0.372. The van der Waals surface area contributed by atoms with Crippen molar-refractivity contribution in [3.05, 3.63) is 52.1 Å². The smallest absolute Gasteiger partial charge is 0.219 e. The second-order valence-electron chi connectivity index (χ2n) is 5.23. The van der Waals surface area contributed by atoms with E-state index in [2.05, 4.69) is 53.1 Å². The molecule has 0 aliphatic carbocycles. The number of benzene rings is 1. The number of hydrogen-bond acceptors (Lipinski definition) is 3. The maximum atomic E-state index is 5.90. The Bertz CT molecular complexity index is 599. The number of pyridine rings is 1. The zero-order valence-corrected chi connectivity index (χ0v) is 14.3. The van der Waals surface area contributed by atoms with Crippen LogP contribution in [0.15, 0.2) is 40.9 Å². The first-order valence-corrected chi connectivity index (χ1v) is 8.02. The molecule has 0 radical (unpaired) electrons. The molecule has 1 aromatic heterocycles. The number of halogens is 1. The van der Waals surface area contributed by atoms with Gasteiger partial charge in [-0.25, -0.2) is 4.98 Å². The molecular formula is C17H21BrN2O. The topological polar surface area (TPSA) is 34.1 Å². The summed E-state index contributed by atoms with van der Waals surface area (Å²) in [5, 5.41) is 3.34. The van der Waals surface area contributed by atoms with Gasteiger partial charge in [0.2, 0.25) is 5.88 Å². The zero-order chi connectivity index (χ0) is 15.2. The molecule has 0 bridgehead atoms. The first kappa shape index (κ1) is 16.0. The third-order valence-corrected chi connectivity index (χ3v) is 3.56. The van der Waals surface area contributed by atoms with Gasteiger partial charge in [0.1, 0.15) is 5.75 Å². The molecule has 1 heterocycles. The van der Waals surface area contributed by atoms with Crippen LogP contribution in [0.1, 0.15) is 37.9 Å². The molecule has 112 valence electrons. The molecule has 3 nitrogen and oxygen atoms in total. The van der Waals surface area contributed by atoms with E-state index >= 15 is 0 Å². The SMILES string of the molecule is CCNCc1cc(Oc2cccc(Br)c2)nc(C(C)C)c1. The van der Waals surface area contributed by atoms with Crippen LogP contribution < -0.4 is 10.1 Å². The third-order valence-electron chi connectivity index (χ3n) is 3.07. The normalized spacial score (nSPS) is 10.9. The fourth-order valence-corrected chi connectivity index (χ4v) is 2.33. The van der Waals surface area contributed by atoms with Crippen molar-refractivity contribution in [3.8, 4) is 11.6 Å². The fourth-order valence-electron chi connectivity index (χ4n) is 1.95. The monoisotopic (exact) mass is 348 g/mol. The lowest BCUT2D eigenvalue weighted by atomic mass is 10.1. The molecule has 0 spiro atoms. The average Bonchev–Trinajstić information content (AvgIpc) is 2.45. The first-order chi connectivity index (χ1) is 10.1. The van der Waals surface area contributed by atoms with Crippen LogP contribution in [-0.2, 0) is 6.54 Å². The zero-order valence-electron chi connectivity index (χ0n) is 12.7. The Hall–Kier alpha value is -1.39. The number of nitrogens with zero attached hydrogens (tertiary/aromatic N) is 1. The molecule has 0 saturated carbocycles. The lowest BCUT2D eigenvalue weighted by Gasteiger charge is -2.12. The number of nitrogens with one attached hydrogen (secondary N) is 1. The number of aromatic nitrogens is 1. The van der Waals surface area contributed by atoms with E-state index in [4.69, 9.17) is 4.74 Å². The van der Waals surface area contributed by atoms with Crippen molar-refractivity contribution in [2.24, 2.45) is 0 Å². The molecular weight excluding hydrogens is 328 g/mol.